The highest BCUT2D eigenvalue weighted by Crippen LogP contribution is 2.39. The van der Waals surface area contributed by atoms with Crippen molar-refractivity contribution in [2.45, 2.75) is 44.1 Å². The van der Waals surface area contributed by atoms with E-state index in [-0.39, 0.29) is 12.5 Å². The van der Waals surface area contributed by atoms with Crippen LogP contribution in [0.4, 0.5) is 0 Å². The van der Waals surface area contributed by atoms with Crippen molar-refractivity contribution >= 4 is 11.9 Å². The first-order valence-electron chi connectivity index (χ1n) is 11.8. The minimum absolute atomic E-state index is 0.299. The van der Waals surface area contributed by atoms with E-state index in [4.69, 9.17) is 4.74 Å². The van der Waals surface area contributed by atoms with Crippen molar-refractivity contribution < 1.29 is 14.3 Å². The summed E-state index contributed by atoms with van der Waals surface area (Å²) in [6.45, 7) is 4.97. The Kier molecular flexibility index (Phi) is 7.10. The Morgan fingerprint density at radius 2 is 1.36 bits per heavy atom. The molecule has 1 amide bonds. The molecule has 0 aliphatic carbocycles. The van der Waals surface area contributed by atoms with Crippen LogP contribution in [0.5, 0.6) is 0 Å². The minimum Gasteiger partial charge on any atom is -0.459 e. The maximum absolute atomic E-state index is 13.4. The molecule has 1 fully saturated rings. The third kappa shape index (κ3) is 4.96. The smallest absolute Gasteiger partial charge is 0.326 e. The molecule has 184 valence electrons. The Labute approximate surface area is 210 Å². The van der Waals surface area contributed by atoms with Gasteiger partial charge in [0.25, 0.3) is 0 Å². The molecule has 0 saturated carbocycles. The molecule has 3 aromatic carbocycles. The zero-order valence-electron chi connectivity index (χ0n) is 20.5. The molecule has 0 unspecified atom stereocenters. The van der Waals surface area contributed by atoms with E-state index < -0.39 is 29.3 Å². The molecule has 0 aromatic heterocycles. The second kappa shape index (κ2) is 10.2. The highest BCUT2D eigenvalue weighted by molar-refractivity contribution is 5.92. The number of hydrogen-bond donors (Lipinski definition) is 1. The van der Waals surface area contributed by atoms with Crippen LogP contribution in [0, 0.1) is 0 Å². The van der Waals surface area contributed by atoms with Crippen LogP contribution in [0.3, 0.4) is 0 Å². The van der Waals surface area contributed by atoms with Gasteiger partial charge in [-0.2, -0.15) is 0 Å². The predicted molar refractivity (Wildman–Crippen MR) is 137 cm³/mol. The van der Waals surface area contributed by atoms with Gasteiger partial charge >= 0.3 is 5.97 Å². The molecular formula is C28H29N5O3. The normalized spacial score (nSPS) is 17.6. The molecule has 0 bridgehead atoms. The average Bonchev–Trinajstić information content (AvgIpc) is 2.88. The van der Waals surface area contributed by atoms with Crippen LogP contribution in [0.1, 0.15) is 37.5 Å². The number of carbonyl (C=O) groups is 2. The lowest BCUT2D eigenvalue weighted by molar-refractivity contribution is -0.167. The fourth-order valence-corrected chi connectivity index (χ4v) is 4.58. The van der Waals surface area contributed by atoms with Gasteiger partial charge in [0, 0.05) is 4.91 Å². The van der Waals surface area contributed by atoms with Gasteiger partial charge in [0.2, 0.25) is 5.91 Å². The number of likely N-dealkylation sites (tertiary alicyclic amines) is 1. The maximum Gasteiger partial charge on any atom is 0.326 e. The first-order chi connectivity index (χ1) is 17.3. The van der Waals surface area contributed by atoms with Crippen molar-refractivity contribution in [3.05, 3.63) is 118 Å². The molecule has 1 heterocycles. The second-order valence-corrected chi connectivity index (χ2v) is 9.64. The molecule has 1 N–H and O–H groups in total. The summed E-state index contributed by atoms with van der Waals surface area (Å²) in [4.78, 5) is 30.0. The molecule has 2 atom stereocenters. The highest BCUT2D eigenvalue weighted by Gasteiger charge is 2.52. The third-order valence-corrected chi connectivity index (χ3v) is 6.05. The fourth-order valence-electron chi connectivity index (χ4n) is 4.58. The predicted octanol–water partition coefficient (Wildman–Crippen LogP) is 4.76. The molecule has 0 spiro atoms. The van der Waals surface area contributed by atoms with E-state index >= 15 is 0 Å². The number of azide groups is 1. The molecule has 3 aromatic rings. The number of β-lactam (4-membered cyclic amide) rings is 1. The summed E-state index contributed by atoms with van der Waals surface area (Å²) in [5.41, 5.74) is 10.4. The quantitative estimate of drug-likeness (QED) is 0.124. The molecule has 8 heteroatoms. The Hall–Kier alpha value is -4.13. The van der Waals surface area contributed by atoms with Gasteiger partial charge in [-0.15, -0.1) is 0 Å². The first kappa shape index (κ1) is 25.0. The number of ether oxygens (including phenoxy) is 1. The lowest BCUT2D eigenvalue weighted by atomic mass is 9.75. The minimum atomic E-state index is -0.925. The van der Waals surface area contributed by atoms with Gasteiger partial charge in [-0.05, 0) is 43.0 Å². The van der Waals surface area contributed by atoms with E-state index in [1.165, 1.54) is 4.90 Å². The van der Waals surface area contributed by atoms with Gasteiger partial charge in [0.15, 0.2) is 0 Å². The summed E-state index contributed by atoms with van der Waals surface area (Å²) >= 11 is 0. The first-order valence-corrected chi connectivity index (χ1v) is 11.8. The van der Waals surface area contributed by atoms with Gasteiger partial charge < -0.3 is 9.64 Å². The number of hydrogen-bond acceptors (Lipinski definition) is 5. The van der Waals surface area contributed by atoms with Crippen LogP contribution >= 0.6 is 0 Å². The zero-order valence-corrected chi connectivity index (χ0v) is 20.5. The number of benzene rings is 3. The van der Waals surface area contributed by atoms with E-state index in [0.29, 0.717) is 0 Å². The largest absolute Gasteiger partial charge is 0.459 e. The van der Waals surface area contributed by atoms with E-state index in [0.717, 1.165) is 16.7 Å². The average molecular weight is 484 g/mol. The Bertz CT molecular complexity index is 1160. The van der Waals surface area contributed by atoms with Crippen LogP contribution in [0.25, 0.3) is 10.4 Å². The fraction of sp³-hybridized carbons (Fsp3) is 0.286. The van der Waals surface area contributed by atoms with Gasteiger partial charge in [-0.1, -0.05) is 96.1 Å². The van der Waals surface area contributed by atoms with E-state index in [9.17, 15) is 15.1 Å². The number of rotatable bonds is 8. The molecule has 4 rings (SSSR count). The highest BCUT2D eigenvalue weighted by atomic mass is 16.6. The molecule has 36 heavy (non-hydrogen) atoms. The lowest BCUT2D eigenvalue weighted by Crippen LogP contribution is -2.73. The van der Waals surface area contributed by atoms with Crippen molar-refractivity contribution in [1.29, 1.82) is 0 Å². The molecule has 8 nitrogen and oxygen atoms in total. The standard InChI is InChI=1S/C28H29N5O3/c1-27(2,3)36-23(34)19-33-25(31-32-29)24(26(33)35)30-28(20-13-7-4-8-14-20,21-15-9-5-10-16-21)22-17-11-6-12-18-22/h4-18,24-25,30H,19H2,1-3H3/t24-,25+/m0/s1. The van der Waals surface area contributed by atoms with E-state index in [1.54, 1.807) is 20.8 Å². The summed E-state index contributed by atoms with van der Waals surface area (Å²) in [7, 11) is 0. The summed E-state index contributed by atoms with van der Waals surface area (Å²) in [6, 6.07) is 28.6. The van der Waals surface area contributed by atoms with Crippen molar-refractivity contribution in [2.75, 3.05) is 6.54 Å². The summed E-state index contributed by atoms with van der Waals surface area (Å²) in [5.74, 6) is -0.904. The van der Waals surface area contributed by atoms with Crippen molar-refractivity contribution in [1.82, 2.24) is 10.2 Å². The third-order valence-electron chi connectivity index (χ3n) is 6.05. The number of carbonyl (C=O) groups excluding carboxylic acids is 2. The van der Waals surface area contributed by atoms with Crippen LogP contribution in [-0.2, 0) is 19.9 Å². The number of nitrogens with one attached hydrogen (secondary N) is 1. The molecular weight excluding hydrogens is 454 g/mol. The Morgan fingerprint density at radius 1 is 0.917 bits per heavy atom. The van der Waals surface area contributed by atoms with Crippen LogP contribution in [0.15, 0.2) is 96.1 Å². The summed E-state index contributed by atoms with van der Waals surface area (Å²) in [6.07, 6.45) is -0.898. The number of esters is 1. The SMILES string of the molecule is CC(C)(C)OC(=O)CN1C(=O)[C@@H](NC(c2ccccc2)(c2ccccc2)c2ccccc2)[C@@H]1N=[N+]=[N-]. The van der Waals surface area contributed by atoms with Crippen molar-refractivity contribution in [2.24, 2.45) is 5.11 Å². The van der Waals surface area contributed by atoms with Gasteiger partial charge in [0.05, 0.1) is 5.54 Å². The van der Waals surface area contributed by atoms with Crippen molar-refractivity contribution in [3.63, 3.8) is 0 Å². The van der Waals surface area contributed by atoms with Crippen molar-refractivity contribution in [3.8, 4) is 0 Å². The molecule has 1 aliphatic rings. The number of nitrogens with zero attached hydrogens (tertiary/aromatic N) is 4. The topological polar surface area (TPSA) is 107 Å². The zero-order chi connectivity index (χ0) is 25.8. The Balaban J connectivity index is 1.77. The second-order valence-electron chi connectivity index (χ2n) is 9.64. The van der Waals surface area contributed by atoms with Crippen LogP contribution < -0.4 is 5.32 Å². The lowest BCUT2D eigenvalue weighted by Gasteiger charge is -2.49. The van der Waals surface area contributed by atoms with Crippen LogP contribution in [0.2, 0.25) is 0 Å². The monoisotopic (exact) mass is 483 g/mol. The van der Waals surface area contributed by atoms with E-state index in [1.807, 2.05) is 91.0 Å². The van der Waals surface area contributed by atoms with Crippen LogP contribution in [-0.4, -0.2) is 41.1 Å². The molecule has 0 radical (unpaired) electrons. The summed E-state index contributed by atoms with van der Waals surface area (Å²) < 4.78 is 5.38. The maximum atomic E-state index is 13.4. The molecule has 1 saturated heterocycles. The van der Waals surface area contributed by atoms with Gasteiger partial charge in [0.1, 0.15) is 24.4 Å². The Morgan fingerprint density at radius 3 is 1.75 bits per heavy atom. The van der Waals surface area contributed by atoms with E-state index in [2.05, 4.69) is 15.3 Å². The summed E-state index contributed by atoms with van der Waals surface area (Å²) in [5, 5.41) is 7.42. The molecule has 1 aliphatic heterocycles. The number of amides is 1. The van der Waals surface area contributed by atoms with Gasteiger partial charge in [-0.25, -0.2) is 0 Å². The van der Waals surface area contributed by atoms with Gasteiger partial charge in [-0.3, -0.25) is 14.9 Å².